The first-order chi connectivity index (χ1) is 13.0. The van der Waals surface area contributed by atoms with Crippen LogP contribution in [-0.4, -0.2) is 53.3 Å². The molecule has 1 aliphatic rings. The Balaban J connectivity index is 1.63. The SMILES string of the molecule is Cc1nc(N)ccc1-c1ccc(C(=O)N(C)CCN2CCCCC2=O)cc1. The van der Waals surface area contributed by atoms with Crippen LogP contribution in [0.1, 0.15) is 35.3 Å². The van der Waals surface area contributed by atoms with E-state index in [1.807, 2.05) is 42.2 Å². The number of piperidine rings is 1. The number of amides is 2. The van der Waals surface area contributed by atoms with Crippen LogP contribution in [0, 0.1) is 6.92 Å². The Morgan fingerprint density at radius 1 is 1.19 bits per heavy atom. The molecular weight excluding hydrogens is 340 g/mol. The van der Waals surface area contributed by atoms with Crippen LogP contribution in [0.5, 0.6) is 0 Å². The Labute approximate surface area is 160 Å². The van der Waals surface area contributed by atoms with Gasteiger partial charge in [-0.05, 0) is 49.6 Å². The molecule has 6 nitrogen and oxygen atoms in total. The summed E-state index contributed by atoms with van der Waals surface area (Å²) in [5.74, 6) is 0.647. The second-order valence-corrected chi connectivity index (χ2v) is 7.01. The number of hydrogen-bond donors (Lipinski definition) is 1. The minimum absolute atomic E-state index is 0.0434. The van der Waals surface area contributed by atoms with Crippen LogP contribution in [-0.2, 0) is 4.79 Å². The number of nitrogens with two attached hydrogens (primary N) is 1. The predicted molar refractivity (Wildman–Crippen MR) is 106 cm³/mol. The molecule has 2 amide bonds. The molecule has 0 bridgehead atoms. The highest BCUT2D eigenvalue weighted by molar-refractivity contribution is 5.94. The molecule has 0 saturated carbocycles. The maximum absolute atomic E-state index is 12.7. The van der Waals surface area contributed by atoms with Crippen molar-refractivity contribution in [2.24, 2.45) is 0 Å². The highest BCUT2D eigenvalue weighted by atomic mass is 16.2. The number of hydrogen-bond acceptors (Lipinski definition) is 4. The number of pyridine rings is 1. The molecule has 0 aliphatic carbocycles. The van der Waals surface area contributed by atoms with Crippen LogP contribution in [0.2, 0.25) is 0 Å². The number of carbonyl (C=O) groups is 2. The normalized spacial score (nSPS) is 14.3. The molecule has 2 heterocycles. The molecule has 1 aromatic heterocycles. The number of carbonyl (C=O) groups excluding carboxylic acids is 2. The molecule has 0 radical (unpaired) electrons. The minimum Gasteiger partial charge on any atom is -0.384 e. The molecule has 1 aromatic carbocycles. The first kappa shape index (κ1) is 18.9. The maximum Gasteiger partial charge on any atom is 0.253 e. The second-order valence-electron chi connectivity index (χ2n) is 7.01. The van der Waals surface area contributed by atoms with Gasteiger partial charge in [-0.2, -0.15) is 0 Å². The molecular formula is C21H26N4O2. The fourth-order valence-electron chi connectivity index (χ4n) is 3.37. The fourth-order valence-corrected chi connectivity index (χ4v) is 3.37. The number of nitrogens with zero attached hydrogens (tertiary/aromatic N) is 3. The summed E-state index contributed by atoms with van der Waals surface area (Å²) < 4.78 is 0. The monoisotopic (exact) mass is 366 g/mol. The summed E-state index contributed by atoms with van der Waals surface area (Å²) in [7, 11) is 1.78. The molecule has 3 rings (SSSR count). The van der Waals surface area contributed by atoms with Crippen LogP contribution >= 0.6 is 0 Å². The Morgan fingerprint density at radius 3 is 2.59 bits per heavy atom. The Morgan fingerprint density at radius 2 is 1.93 bits per heavy atom. The van der Waals surface area contributed by atoms with Crippen molar-refractivity contribution in [2.45, 2.75) is 26.2 Å². The van der Waals surface area contributed by atoms with E-state index in [-0.39, 0.29) is 11.8 Å². The lowest BCUT2D eigenvalue weighted by atomic mass is 10.0. The number of rotatable bonds is 5. The molecule has 6 heteroatoms. The van der Waals surface area contributed by atoms with E-state index in [1.165, 1.54) is 0 Å². The van der Waals surface area contributed by atoms with Crippen LogP contribution in [0.3, 0.4) is 0 Å². The van der Waals surface area contributed by atoms with Crippen molar-refractivity contribution in [3.8, 4) is 11.1 Å². The zero-order valence-corrected chi connectivity index (χ0v) is 15.9. The largest absolute Gasteiger partial charge is 0.384 e. The number of likely N-dealkylation sites (N-methyl/N-ethyl adjacent to an activating group) is 1. The molecule has 1 fully saturated rings. The maximum atomic E-state index is 12.7. The van der Waals surface area contributed by atoms with Gasteiger partial charge in [0.25, 0.3) is 5.91 Å². The van der Waals surface area contributed by atoms with E-state index in [9.17, 15) is 9.59 Å². The summed E-state index contributed by atoms with van der Waals surface area (Å²) in [6.07, 6.45) is 2.64. The summed E-state index contributed by atoms with van der Waals surface area (Å²) in [5, 5.41) is 0. The fraction of sp³-hybridized carbons (Fsp3) is 0.381. The number of likely N-dealkylation sites (tertiary alicyclic amines) is 1. The highest BCUT2D eigenvalue weighted by Gasteiger charge is 2.19. The summed E-state index contributed by atoms with van der Waals surface area (Å²) in [5.41, 5.74) is 9.20. The third-order valence-electron chi connectivity index (χ3n) is 5.02. The Kier molecular flexibility index (Phi) is 5.74. The van der Waals surface area contributed by atoms with Gasteiger partial charge in [-0.3, -0.25) is 9.59 Å². The predicted octanol–water partition coefficient (Wildman–Crippen LogP) is 2.72. The van der Waals surface area contributed by atoms with Crippen molar-refractivity contribution in [1.82, 2.24) is 14.8 Å². The van der Waals surface area contributed by atoms with Crippen molar-refractivity contribution in [2.75, 3.05) is 32.4 Å². The van der Waals surface area contributed by atoms with Gasteiger partial charge < -0.3 is 15.5 Å². The average Bonchev–Trinajstić information content (AvgIpc) is 2.67. The van der Waals surface area contributed by atoms with Gasteiger partial charge in [0.2, 0.25) is 5.91 Å². The molecule has 0 atom stereocenters. The number of anilines is 1. The number of nitrogen functional groups attached to an aromatic ring is 1. The summed E-state index contributed by atoms with van der Waals surface area (Å²) in [4.78, 5) is 32.3. The third-order valence-corrected chi connectivity index (χ3v) is 5.02. The van der Waals surface area contributed by atoms with Crippen molar-refractivity contribution in [3.05, 3.63) is 47.7 Å². The summed E-state index contributed by atoms with van der Waals surface area (Å²) >= 11 is 0. The van der Waals surface area contributed by atoms with Gasteiger partial charge in [0.15, 0.2) is 0 Å². The standard InChI is InChI=1S/C21H26N4O2/c1-15-18(10-11-19(22)23-15)16-6-8-17(9-7-16)21(27)24(2)13-14-25-12-4-3-5-20(25)26/h6-11H,3-5,12-14H2,1-2H3,(H2,22,23). The Hall–Kier alpha value is -2.89. The van der Waals surface area contributed by atoms with Gasteiger partial charge in [-0.25, -0.2) is 4.98 Å². The minimum atomic E-state index is -0.0434. The first-order valence-electron chi connectivity index (χ1n) is 9.32. The van der Waals surface area contributed by atoms with Crippen LogP contribution in [0.25, 0.3) is 11.1 Å². The number of aromatic nitrogens is 1. The van der Waals surface area contributed by atoms with Gasteiger partial charge in [0.05, 0.1) is 0 Å². The lowest BCUT2D eigenvalue weighted by molar-refractivity contribution is -0.133. The van der Waals surface area contributed by atoms with Gasteiger partial charge in [-0.1, -0.05) is 12.1 Å². The summed E-state index contributed by atoms with van der Waals surface area (Å²) in [6, 6.07) is 11.2. The lowest BCUT2D eigenvalue weighted by Gasteiger charge is -2.28. The van der Waals surface area contributed by atoms with Crippen LogP contribution in [0.4, 0.5) is 5.82 Å². The topological polar surface area (TPSA) is 79.5 Å². The van der Waals surface area contributed by atoms with Crippen molar-refractivity contribution in [3.63, 3.8) is 0 Å². The van der Waals surface area contributed by atoms with Gasteiger partial charge in [-0.15, -0.1) is 0 Å². The molecule has 0 spiro atoms. The number of aryl methyl sites for hydroxylation is 1. The summed E-state index contributed by atoms with van der Waals surface area (Å²) in [6.45, 7) is 3.84. The van der Waals surface area contributed by atoms with Crippen LogP contribution in [0.15, 0.2) is 36.4 Å². The number of benzene rings is 1. The molecule has 2 aromatic rings. The van der Waals surface area contributed by atoms with E-state index in [2.05, 4.69) is 4.98 Å². The third kappa shape index (κ3) is 4.45. The lowest BCUT2D eigenvalue weighted by Crippen LogP contribution is -2.41. The molecule has 1 saturated heterocycles. The van der Waals surface area contributed by atoms with Crippen LogP contribution < -0.4 is 5.73 Å². The van der Waals surface area contributed by atoms with E-state index < -0.39 is 0 Å². The smallest absolute Gasteiger partial charge is 0.253 e. The zero-order chi connectivity index (χ0) is 19.4. The second kappa shape index (κ2) is 8.20. The van der Waals surface area contributed by atoms with E-state index in [0.717, 1.165) is 36.2 Å². The van der Waals surface area contributed by atoms with Gasteiger partial charge in [0, 0.05) is 49.9 Å². The molecule has 2 N–H and O–H groups in total. The zero-order valence-electron chi connectivity index (χ0n) is 15.9. The first-order valence-corrected chi connectivity index (χ1v) is 9.32. The highest BCUT2D eigenvalue weighted by Crippen LogP contribution is 2.23. The molecule has 1 aliphatic heterocycles. The quantitative estimate of drug-likeness (QED) is 0.882. The van der Waals surface area contributed by atoms with Crippen molar-refractivity contribution in [1.29, 1.82) is 0 Å². The average molecular weight is 366 g/mol. The van der Waals surface area contributed by atoms with Crippen molar-refractivity contribution >= 4 is 17.6 Å². The van der Waals surface area contributed by atoms with Gasteiger partial charge >= 0.3 is 0 Å². The molecule has 142 valence electrons. The van der Waals surface area contributed by atoms with E-state index >= 15 is 0 Å². The molecule has 0 unspecified atom stereocenters. The Bertz CT molecular complexity index is 833. The molecule has 27 heavy (non-hydrogen) atoms. The van der Waals surface area contributed by atoms with E-state index in [4.69, 9.17) is 5.73 Å². The van der Waals surface area contributed by atoms with E-state index in [1.54, 1.807) is 18.0 Å². The van der Waals surface area contributed by atoms with Gasteiger partial charge in [0.1, 0.15) is 5.82 Å². The van der Waals surface area contributed by atoms with E-state index in [0.29, 0.717) is 30.9 Å². The van der Waals surface area contributed by atoms with Crippen molar-refractivity contribution < 1.29 is 9.59 Å².